The number of aliphatic imine (C=N–C) groups is 1. The molecule has 0 saturated carbocycles. The van der Waals surface area contributed by atoms with Crippen molar-refractivity contribution in [3.05, 3.63) is 65.7 Å². The lowest BCUT2D eigenvalue weighted by Gasteiger charge is -2.26. The van der Waals surface area contributed by atoms with Gasteiger partial charge in [0, 0.05) is 19.4 Å². The zero-order chi connectivity index (χ0) is 49.8. The fourth-order valence-corrected chi connectivity index (χ4v) is 5.97. The van der Waals surface area contributed by atoms with Gasteiger partial charge in [0.05, 0.1) is 6.54 Å². The van der Waals surface area contributed by atoms with E-state index in [9.17, 15) is 43.5 Å². The molecule has 0 bridgehead atoms. The van der Waals surface area contributed by atoms with Crippen LogP contribution < -0.4 is 48.1 Å². The maximum absolute atomic E-state index is 13.8. The summed E-state index contributed by atoms with van der Waals surface area (Å²) in [5.41, 5.74) is 10.2. The zero-order valence-corrected chi connectivity index (χ0v) is 39.1. The number of carboxylic acids is 1. The first-order chi connectivity index (χ1) is 30.7. The van der Waals surface area contributed by atoms with Crippen molar-refractivity contribution in [2.45, 2.75) is 136 Å². The summed E-state index contributed by atoms with van der Waals surface area (Å²) in [6.07, 6.45) is -1.49. The molecule has 0 spiro atoms. The monoisotopic (exact) mass is 925 g/mol. The van der Waals surface area contributed by atoms with Crippen LogP contribution in [0.3, 0.4) is 0 Å². The Kier molecular flexibility index (Phi) is 21.9. The molecule has 1 unspecified atom stereocenters. The molecular weight excluding hydrogens is 859 g/mol. The Bertz CT molecular complexity index is 1990. The Labute approximate surface area is 385 Å². The Balaban J connectivity index is 2.17. The fourth-order valence-electron chi connectivity index (χ4n) is 5.97. The smallest absolute Gasteiger partial charge is 0.480 e. The number of guanidine groups is 1. The maximum atomic E-state index is 13.8. The molecule has 0 aliphatic carbocycles. The number of alkyl carbamates (subject to hydrolysis) is 1. The van der Waals surface area contributed by atoms with Crippen LogP contribution in [0.1, 0.15) is 92.7 Å². The average molecular weight is 926 g/mol. The van der Waals surface area contributed by atoms with E-state index in [0.29, 0.717) is 11.1 Å². The lowest BCUT2D eigenvalue weighted by Crippen LogP contribution is -2.57. The van der Waals surface area contributed by atoms with Crippen LogP contribution in [-0.4, -0.2) is 113 Å². The van der Waals surface area contributed by atoms with Gasteiger partial charge >= 0.3 is 18.2 Å². The highest BCUT2D eigenvalue weighted by Crippen LogP contribution is 2.17. The summed E-state index contributed by atoms with van der Waals surface area (Å²) in [4.78, 5) is 108. The van der Waals surface area contributed by atoms with Gasteiger partial charge in [-0.15, -0.1) is 0 Å². The predicted octanol–water partition coefficient (Wildman–Crippen LogP) is 1.94. The molecule has 66 heavy (non-hydrogen) atoms. The highest BCUT2D eigenvalue weighted by molar-refractivity contribution is 5.95. The maximum Gasteiger partial charge on any atom is 0.514 e. The molecule has 0 aliphatic rings. The fraction of sp³-hybridized carbons (Fsp3) is 0.533. The molecule has 0 aliphatic heterocycles. The Morgan fingerprint density at radius 1 is 0.652 bits per heavy atom. The van der Waals surface area contributed by atoms with Gasteiger partial charge in [-0.3, -0.25) is 29.0 Å². The van der Waals surface area contributed by atoms with Crippen molar-refractivity contribution < 1.29 is 57.7 Å². The summed E-state index contributed by atoms with van der Waals surface area (Å²) >= 11 is 0. The number of hydrogen-bond acceptors (Lipinski definition) is 12. The van der Waals surface area contributed by atoms with E-state index >= 15 is 0 Å². The third-order valence-corrected chi connectivity index (χ3v) is 8.97. The van der Waals surface area contributed by atoms with Crippen LogP contribution in [0.25, 0.3) is 0 Å². The Hall–Kier alpha value is -6.93. The van der Waals surface area contributed by atoms with Crippen molar-refractivity contribution in [3.8, 4) is 5.75 Å². The molecule has 11 N–H and O–H groups in total. The number of amides is 6. The van der Waals surface area contributed by atoms with Crippen molar-refractivity contribution in [2.75, 3.05) is 13.1 Å². The average Bonchev–Trinajstić information content (AvgIpc) is 3.19. The molecule has 0 saturated heterocycles. The van der Waals surface area contributed by atoms with Gasteiger partial charge in [0.15, 0.2) is 5.96 Å². The second-order valence-corrected chi connectivity index (χ2v) is 17.9. The van der Waals surface area contributed by atoms with Gasteiger partial charge < -0.3 is 62.7 Å². The third-order valence-electron chi connectivity index (χ3n) is 8.97. The highest BCUT2D eigenvalue weighted by Gasteiger charge is 2.31. The molecule has 0 heterocycles. The van der Waals surface area contributed by atoms with E-state index in [1.807, 2.05) is 13.8 Å². The molecular formula is C45H67N9O12. The van der Waals surface area contributed by atoms with Crippen LogP contribution in [0.5, 0.6) is 5.75 Å². The normalized spacial score (nSPS) is 13.5. The van der Waals surface area contributed by atoms with Crippen LogP contribution >= 0.6 is 0 Å². The minimum Gasteiger partial charge on any atom is -0.480 e. The molecule has 2 aromatic rings. The van der Waals surface area contributed by atoms with Crippen molar-refractivity contribution in [1.29, 1.82) is 0 Å². The van der Waals surface area contributed by atoms with Crippen molar-refractivity contribution in [1.82, 2.24) is 31.9 Å². The lowest BCUT2D eigenvalue weighted by molar-refractivity contribution is -0.142. The van der Waals surface area contributed by atoms with Crippen LogP contribution in [0.4, 0.5) is 9.59 Å². The van der Waals surface area contributed by atoms with Gasteiger partial charge in [-0.25, -0.2) is 14.4 Å². The number of carbonyl (C=O) groups is 8. The first-order valence-corrected chi connectivity index (χ1v) is 21.5. The summed E-state index contributed by atoms with van der Waals surface area (Å²) in [5, 5.41) is 25.0. The minimum atomic E-state index is -1.30. The molecule has 5 atom stereocenters. The number of benzene rings is 2. The van der Waals surface area contributed by atoms with Gasteiger partial charge in [0.25, 0.3) is 0 Å². The number of nitrogens with zero attached hydrogens (tertiary/aromatic N) is 1. The van der Waals surface area contributed by atoms with Crippen LogP contribution in [0.2, 0.25) is 0 Å². The van der Waals surface area contributed by atoms with Crippen LogP contribution in [0.15, 0.2) is 59.6 Å². The van der Waals surface area contributed by atoms with Gasteiger partial charge in [-0.2, -0.15) is 0 Å². The van der Waals surface area contributed by atoms with Crippen LogP contribution in [-0.2, 0) is 51.1 Å². The molecule has 6 amide bonds. The summed E-state index contributed by atoms with van der Waals surface area (Å²) in [6, 6.07) is 8.63. The number of ether oxygens (including phenoxy) is 3. The van der Waals surface area contributed by atoms with E-state index in [1.165, 1.54) is 19.1 Å². The van der Waals surface area contributed by atoms with E-state index in [0.717, 1.165) is 0 Å². The van der Waals surface area contributed by atoms with Crippen molar-refractivity contribution in [2.24, 2.45) is 22.4 Å². The molecule has 0 aromatic heterocycles. The number of nitrogens with one attached hydrogen (secondary N) is 6. The Morgan fingerprint density at radius 2 is 1.18 bits per heavy atom. The zero-order valence-electron chi connectivity index (χ0n) is 39.1. The van der Waals surface area contributed by atoms with E-state index in [4.69, 9.17) is 25.7 Å². The number of carbonyl (C=O) groups excluding carboxylic acids is 7. The molecule has 21 nitrogen and oxygen atoms in total. The standard InChI is InChI=1S/C45H67N9O12/c1-26(2)22-32(38(58)52-31(40(60)61)16-13-21-48-41(46)47)53-39(59)33(23-28-14-11-10-12-15-28)51-35(55)25-49-36(56)27(3)50-37(57)34(54-42(62)65-44(4,5)6)24-29-17-19-30(20-18-29)64-43(63)66-45(7,8)9/h10-12,14-15,17-20,26-27,31-34H,13,16,21-25H2,1-9H3,(H,49,56)(H,50,57)(H,51,55)(H,52,58)(H,53,59)(H,54,62)(H,60,61)(H4,46,47,48)/t27-,31+,32+,33-,34?/m0/s1. The first kappa shape index (κ1) is 55.2. The van der Waals surface area contributed by atoms with Gasteiger partial charge in [-0.1, -0.05) is 56.3 Å². The number of hydrogen-bond donors (Lipinski definition) is 9. The number of rotatable bonds is 23. The lowest BCUT2D eigenvalue weighted by atomic mass is 10.0. The van der Waals surface area contributed by atoms with E-state index in [-0.39, 0.29) is 56.3 Å². The van der Waals surface area contributed by atoms with E-state index in [1.54, 1.807) is 84.0 Å². The number of nitrogens with two attached hydrogens (primary N) is 2. The molecule has 21 heteroatoms. The third kappa shape index (κ3) is 22.6. The molecule has 2 aromatic carbocycles. The number of aliphatic carboxylic acids is 1. The molecule has 0 fully saturated rings. The molecule has 0 radical (unpaired) electrons. The van der Waals surface area contributed by atoms with Crippen LogP contribution in [0, 0.1) is 5.92 Å². The van der Waals surface area contributed by atoms with Gasteiger partial charge in [-0.05, 0) is 96.9 Å². The summed E-state index contributed by atoms with van der Waals surface area (Å²) < 4.78 is 15.7. The first-order valence-electron chi connectivity index (χ1n) is 21.5. The topological polar surface area (TPSA) is 321 Å². The second kappa shape index (κ2) is 26.1. The highest BCUT2D eigenvalue weighted by atomic mass is 16.7. The summed E-state index contributed by atoms with van der Waals surface area (Å²) in [6.45, 7) is 14.5. The van der Waals surface area contributed by atoms with E-state index in [2.05, 4.69) is 36.9 Å². The van der Waals surface area contributed by atoms with Crippen molar-refractivity contribution >= 4 is 53.7 Å². The molecule has 2 rings (SSSR count). The minimum absolute atomic E-state index is 0.00887. The van der Waals surface area contributed by atoms with Gasteiger partial charge in [0.2, 0.25) is 29.5 Å². The van der Waals surface area contributed by atoms with Gasteiger partial charge in [0.1, 0.15) is 47.2 Å². The van der Waals surface area contributed by atoms with E-state index < -0.39 is 95.7 Å². The SMILES string of the molecule is CC(C)C[C@@H](NC(=O)[C@H](Cc1ccccc1)NC(=O)CNC(=O)[C@H](C)NC(=O)C(Cc1ccc(OC(=O)OC(C)(C)C)cc1)NC(=O)OC(C)(C)C)C(=O)N[C@H](CCCN=C(N)N)C(=O)O. The number of carboxylic acid groups (broad SMARTS) is 1. The quantitative estimate of drug-likeness (QED) is 0.0253. The molecule has 364 valence electrons. The van der Waals surface area contributed by atoms with Crippen molar-refractivity contribution in [3.63, 3.8) is 0 Å². The predicted molar refractivity (Wildman–Crippen MR) is 244 cm³/mol. The summed E-state index contributed by atoms with van der Waals surface area (Å²) in [5.74, 6) is -5.19. The largest absolute Gasteiger partial charge is 0.514 e. The summed E-state index contributed by atoms with van der Waals surface area (Å²) in [7, 11) is 0. The Morgan fingerprint density at radius 3 is 1.73 bits per heavy atom. The second-order valence-electron chi connectivity index (χ2n) is 17.9.